The summed E-state index contributed by atoms with van der Waals surface area (Å²) in [5, 5.41) is 4.73. The van der Waals surface area contributed by atoms with Crippen LogP contribution in [0.2, 0.25) is 5.02 Å². The van der Waals surface area contributed by atoms with Gasteiger partial charge in [-0.05, 0) is 26.0 Å². The molecule has 0 aromatic carbocycles. The topological polar surface area (TPSA) is 56.2 Å². The number of aromatic nitrogens is 4. The number of aryl methyl sites for hydroxylation is 2. The van der Waals surface area contributed by atoms with Gasteiger partial charge in [0.1, 0.15) is 16.6 Å². The van der Waals surface area contributed by atoms with Crippen molar-refractivity contribution in [3.63, 3.8) is 0 Å². The molecule has 17 heavy (non-hydrogen) atoms. The molecule has 0 saturated carbocycles. The molecule has 0 N–H and O–H groups in total. The molecule has 3 aromatic rings. The molecule has 0 amide bonds. The van der Waals surface area contributed by atoms with Crippen molar-refractivity contribution in [3.8, 4) is 11.6 Å². The third-order valence-corrected chi connectivity index (χ3v) is 2.65. The highest BCUT2D eigenvalue weighted by molar-refractivity contribution is 6.33. The lowest BCUT2D eigenvalue weighted by Gasteiger charge is -2.00. The van der Waals surface area contributed by atoms with Gasteiger partial charge in [0.05, 0.1) is 6.20 Å². The van der Waals surface area contributed by atoms with E-state index in [0.717, 1.165) is 5.76 Å². The third kappa shape index (κ3) is 1.59. The zero-order chi connectivity index (χ0) is 12.0. The highest BCUT2D eigenvalue weighted by Gasteiger charge is 2.14. The molecular formula is C11H9ClN4O. The summed E-state index contributed by atoms with van der Waals surface area (Å²) < 4.78 is 7.13. The molecule has 0 aliphatic carbocycles. The van der Waals surface area contributed by atoms with Gasteiger partial charge in [-0.1, -0.05) is 11.6 Å². The van der Waals surface area contributed by atoms with E-state index in [4.69, 9.17) is 16.0 Å². The largest absolute Gasteiger partial charge is 0.458 e. The van der Waals surface area contributed by atoms with Crippen LogP contribution in [0.5, 0.6) is 0 Å². The first-order valence-electron chi connectivity index (χ1n) is 5.10. The first kappa shape index (κ1) is 10.3. The van der Waals surface area contributed by atoms with Crippen molar-refractivity contribution in [2.45, 2.75) is 13.8 Å². The summed E-state index contributed by atoms with van der Waals surface area (Å²) in [4.78, 5) is 8.48. The molecule has 0 atom stereocenters. The Morgan fingerprint density at radius 3 is 2.82 bits per heavy atom. The average Bonchev–Trinajstić information content (AvgIpc) is 2.85. The molecule has 0 unspecified atom stereocenters. The van der Waals surface area contributed by atoms with Gasteiger partial charge < -0.3 is 4.42 Å². The van der Waals surface area contributed by atoms with Crippen LogP contribution in [-0.4, -0.2) is 19.6 Å². The van der Waals surface area contributed by atoms with Gasteiger partial charge in [-0.25, -0.2) is 9.97 Å². The average molecular weight is 249 g/mol. The lowest BCUT2D eigenvalue weighted by molar-refractivity contribution is 0.541. The molecule has 0 aliphatic rings. The van der Waals surface area contributed by atoms with E-state index in [0.29, 0.717) is 28.1 Å². The summed E-state index contributed by atoms with van der Waals surface area (Å²) in [6.07, 6.45) is 1.55. The fourth-order valence-corrected chi connectivity index (χ4v) is 1.84. The molecule has 0 aliphatic heterocycles. The normalized spacial score (nSPS) is 11.2. The van der Waals surface area contributed by atoms with Gasteiger partial charge in [0.2, 0.25) is 0 Å². The summed E-state index contributed by atoms with van der Waals surface area (Å²) >= 11 is 6.02. The smallest absolute Gasteiger partial charge is 0.199 e. The summed E-state index contributed by atoms with van der Waals surface area (Å²) in [5.74, 6) is 2.71. The van der Waals surface area contributed by atoms with Crippen LogP contribution < -0.4 is 0 Å². The Labute approximate surface area is 102 Å². The van der Waals surface area contributed by atoms with Gasteiger partial charge >= 0.3 is 0 Å². The van der Waals surface area contributed by atoms with E-state index in [1.165, 1.54) is 0 Å². The SMILES string of the molecule is Cc1nc2c(Cl)cnc(-c3ccc(C)o3)n2n1. The van der Waals surface area contributed by atoms with E-state index in [-0.39, 0.29) is 0 Å². The lowest BCUT2D eigenvalue weighted by atomic mass is 10.4. The summed E-state index contributed by atoms with van der Waals surface area (Å²) in [6.45, 7) is 3.68. The Kier molecular flexibility index (Phi) is 2.16. The number of hydrogen-bond acceptors (Lipinski definition) is 4. The van der Waals surface area contributed by atoms with E-state index in [1.807, 2.05) is 19.1 Å². The minimum atomic E-state index is 0.470. The molecule has 3 rings (SSSR count). The summed E-state index contributed by atoms with van der Waals surface area (Å²) in [7, 11) is 0. The standard InChI is InChI=1S/C11H9ClN4O/c1-6-3-4-9(17-6)11-13-5-8(12)10-14-7(2)15-16(10)11/h3-5H,1-2H3. The fraction of sp³-hybridized carbons (Fsp3) is 0.182. The molecule has 0 fully saturated rings. The van der Waals surface area contributed by atoms with Gasteiger partial charge in [-0.2, -0.15) is 4.52 Å². The maximum absolute atomic E-state index is 6.02. The molecule has 6 heteroatoms. The Bertz CT molecular complexity index is 701. The fourth-order valence-electron chi connectivity index (χ4n) is 1.67. The summed E-state index contributed by atoms with van der Waals surface area (Å²) in [5.41, 5.74) is 0.586. The second kappa shape index (κ2) is 3.56. The molecule has 0 bridgehead atoms. The van der Waals surface area contributed by atoms with E-state index >= 15 is 0 Å². The maximum atomic E-state index is 6.02. The van der Waals surface area contributed by atoms with Gasteiger partial charge in [-0.3, -0.25) is 0 Å². The van der Waals surface area contributed by atoms with Crippen molar-refractivity contribution >= 4 is 17.2 Å². The van der Waals surface area contributed by atoms with E-state index in [2.05, 4.69) is 15.1 Å². The second-order valence-corrected chi connectivity index (χ2v) is 4.14. The second-order valence-electron chi connectivity index (χ2n) is 3.73. The van der Waals surface area contributed by atoms with Crippen LogP contribution in [-0.2, 0) is 0 Å². The molecule has 0 saturated heterocycles. The Morgan fingerprint density at radius 2 is 2.12 bits per heavy atom. The number of furan rings is 1. The van der Waals surface area contributed by atoms with Gasteiger partial charge in [-0.15, -0.1) is 5.10 Å². The van der Waals surface area contributed by atoms with Crippen LogP contribution in [0.4, 0.5) is 0 Å². The number of hydrogen-bond donors (Lipinski definition) is 0. The van der Waals surface area contributed by atoms with Crippen molar-refractivity contribution in [2.24, 2.45) is 0 Å². The minimum absolute atomic E-state index is 0.470. The quantitative estimate of drug-likeness (QED) is 0.664. The van der Waals surface area contributed by atoms with Crippen molar-refractivity contribution in [2.75, 3.05) is 0 Å². The van der Waals surface area contributed by atoms with Crippen LogP contribution in [0.15, 0.2) is 22.7 Å². The van der Waals surface area contributed by atoms with Crippen molar-refractivity contribution in [1.29, 1.82) is 0 Å². The zero-order valence-corrected chi connectivity index (χ0v) is 10.1. The number of halogens is 1. The first-order chi connectivity index (χ1) is 8.15. The monoisotopic (exact) mass is 248 g/mol. The van der Waals surface area contributed by atoms with Crippen LogP contribution in [0.25, 0.3) is 17.2 Å². The van der Waals surface area contributed by atoms with Gasteiger partial charge in [0.15, 0.2) is 17.2 Å². The highest BCUT2D eigenvalue weighted by atomic mass is 35.5. The Balaban J connectivity index is 2.33. The van der Waals surface area contributed by atoms with Crippen LogP contribution in [0.1, 0.15) is 11.6 Å². The highest BCUT2D eigenvalue weighted by Crippen LogP contribution is 2.23. The molecule has 5 nitrogen and oxygen atoms in total. The van der Waals surface area contributed by atoms with E-state index in [1.54, 1.807) is 17.6 Å². The first-order valence-corrected chi connectivity index (χ1v) is 5.47. The van der Waals surface area contributed by atoms with Gasteiger partial charge in [0, 0.05) is 0 Å². The molecule has 0 radical (unpaired) electrons. The lowest BCUT2D eigenvalue weighted by Crippen LogP contribution is -1.97. The maximum Gasteiger partial charge on any atom is 0.199 e. The minimum Gasteiger partial charge on any atom is -0.458 e. The predicted molar refractivity (Wildman–Crippen MR) is 63.0 cm³/mol. The van der Waals surface area contributed by atoms with Crippen molar-refractivity contribution in [3.05, 3.63) is 34.9 Å². The van der Waals surface area contributed by atoms with Crippen LogP contribution in [0.3, 0.4) is 0 Å². The predicted octanol–water partition coefficient (Wildman–Crippen LogP) is 2.65. The number of fused-ring (bicyclic) bond motifs is 1. The molecule has 3 aromatic heterocycles. The Morgan fingerprint density at radius 1 is 1.29 bits per heavy atom. The van der Waals surface area contributed by atoms with Gasteiger partial charge in [0.25, 0.3) is 0 Å². The molecule has 86 valence electrons. The number of nitrogens with zero attached hydrogens (tertiary/aromatic N) is 4. The van der Waals surface area contributed by atoms with Crippen LogP contribution in [0, 0.1) is 13.8 Å². The summed E-state index contributed by atoms with van der Waals surface area (Å²) in [6, 6.07) is 3.73. The number of rotatable bonds is 1. The van der Waals surface area contributed by atoms with E-state index < -0.39 is 0 Å². The van der Waals surface area contributed by atoms with Crippen LogP contribution >= 0.6 is 11.6 Å². The molecular weight excluding hydrogens is 240 g/mol. The molecule has 3 heterocycles. The molecule has 0 spiro atoms. The zero-order valence-electron chi connectivity index (χ0n) is 9.31. The third-order valence-electron chi connectivity index (χ3n) is 2.39. The Hall–Kier alpha value is -1.88. The van der Waals surface area contributed by atoms with Crippen molar-refractivity contribution < 1.29 is 4.42 Å². The van der Waals surface area contributed by atoms with Crippen molar-refractivity contribution in [1.82, 2.24) is 19.6 Å². The van der Waals surface area contributed by atoms with E-state index in [9.17, 15) is 0 Å².